The minimum Gasteiger partial charge on any atom is -0.367 e. The summed E-state index contributed by atoms with van der Waals surface area (Å²) in [4.78, 5) is 1.06. The number of nitrogens with zero attached hydrogens (tertiary/aromatic N) is 1. The highest BCUT2D eigenvalue weighted by Crippen LogP contribution is 2.38. The van der Waals surface area contributed by atoms with Crippen molar-refractivity contribution >= 4 is 31.5 Å². The lowest BCUT2D eigenvalue weighted by atomic mass is 10.2. The molecule has 1 aromatic carbocycles. The van der Waals surface area contributed by atoms with Crippen LogP contribution in [0.15, 0.2) is 29.2 Å². The fourth-order valence-electron chi connectivity index (χ4n) is 2.36. The summed E-state index contributed by atoms with van der Waals surface area (Å²) in [6.45, 7) is 0.556. The Morgan fingerprint density at radius 2 is 1.95 bits per heavy atom. The van der Waals surface area contributed by atoms with Crippen molar-refractivity contribution in [2.45, 2.75) is 29.3 Å². The van der Waals surface area contributed by atoms with E-state index in [2.05, 4.69) is 15.9 Å². The van der Waals surface area contributed by atoms with Gasteiger partial charge in [0.15, 0.2) is 0 Å². The van der Waals surface area contributed by atoms with Gasteiger partial charge in [0.05, 0.1) is 10.6 Å². The van der Waals surface area contributed by atoms with E-state index in [4.69, 9.17) is 0 Å². The topological polar surface area (TPSA) is 37.4 Å². The van der Waals surface area contributed by atoms with Gasteiger partial charge < -0.3 is 4.90 Å². The van der Waals surface area contributed by atoms with Crippen LogP contribution in [0.3, 0.4) is 0 Å². The second-order valence-corrected chi connectivity index (χ2v) is 7.12. The first kappa shape index (κ1) is 15.6. The molecule has 1 aromatic rings. The third kappa shape index (κ3) is 2.67. The molecule has 112 valence electrons. The Morgan fingerprint density at radius 3 is 2.55 bits per heavy atom. The lowest BCUT2D eigenvalue weighted by Crippen LogP contribution is -2.33. The van der Waals surface area contributed by atoms with Gasteiger partial charge >= 0.3 is 5.51 Å². The van der Waals surface area contributed by atoms with Crippen molar-refractivity contribution in [3.8, 4) is 0 Å². The van der Waals surface area contributed by atoms with Gasteiger partial charge in [0.1, 0.15) is 0 Å². The van der Waals surface area contributed by atoms with Crippen LogP contribution in [0.5, 0.6) is 0 Å². The van der Waals surface area contributed by atoms with Crippen molar-refractivity contribution in [1.82, 2.24) is 0 Å². The summed E-state index contributed by atoms with van der Waals surface area (Å²) in [5.74, 6) is 0. The smallest absolute Gasteiger partial charge is 0.367 e. The van der Waals surface area contributed by atoms with Crippen LogP contribution in [-0.4, -0.2) is 31.8 Å². The molecule has 0 spiro atoms. The molecular formula is C12H13BrF3NO2S. The van der Waals surface area contributed by atoms with Gasteiger partial charge in [-0.05, 0) is 25.0 Å². The number of hydrogen-bond acceptors (Lipinski definition) is 3. The Kier molecular flexibility index (Phi) is 4.34. The molecule has 2 rings (SSSR count). The maximum atomic E-state index is 12.7. The molecule has 20 heavy (non-hydrogen) atoms. The Morgan fingerprint density at radius 1 is 1.30 bits per heavy atom. The Labute approximate surface area is 123 Å². The molecule has 8 heteroatoms. The summed E-state index contributed by atoms with van der Waals surface area (Å²) < 4.78 is 61.6. The van der Waals surface area contributed by atoms with Gasteiger partial charge in [0, 0.05) is 17.9 Å². The second kappa shape index (κ2) is 5.55. The van der Waals surface area contributed by atoms with Crippen LogP contribution in [0.25, 0.3) is 0 Å². The van der Waals surface area contributed by atoms with E-state index >= 15 is 0 Å². The average Bonchev–Trinajstić information content (AvgIpc) is 2.85. The zero-order valence-electron chi connectivity index (χ0n) is 10.4. The third-order valence-electron chi connectivity index (χ3n) is 3.32. The number of benzene rings is 1. The van der Waals surface area contributed by atoms with E-state index in [1.54, 1.807) is 11.0 Å². The van der Waals surface area contributed by atoms with Gasteiger partial charge in [-0.25, -0.2) is 8.42 Å². The van der Waals surface area contributed by atoms with Crippen molar-refractivity contribution in [3.63, 3.8) is 0 Å². The van der Waals surface area contributed by atoms with E-state index in [9.17, 15) is 21.6 Å². The van der Waals surface area contributed by atoms with Crippen molar-refractivity contribution in [2.24, 2.45) is 0 Å². The number of alkyl halides is 4. The van der Waals surface area contributed by atoms with Gasteiger partial charge in [-0.15, -0.1) is 0 Å². The standard InChI is InChI=1S/C12H13BrF3NO2S/c13-8-9-4-3-7-17(9)10-5-1-2-6-11(10)20(18,19)12(14,15)16/h1-2,5-6,9H,3-4,7-8H2. The van der Waals surface area contributed by atoms with Gasteiger partial charge in [-0.2, -0.15) is 13.2 Å². The summed E-state index contributed by atoms with van der Waals surface area (Å²) in [6, 6.07) is 5.32. The van der Waals surface area contributed by atoms with E-state index in [1.807, 2.05) is 0 Å². The predicted molar refractivity (Wildman–Crippen MR) is 73.8 cm³/mol. The fourth-order valence-corrected chi connectivity index (χ4v) is 4.00. The number of sulfone groups is 1. The minimum atomic E-state index is -5.33. The Bertz CT molecular complexity index is 589. The molecule has 1 aliphatic heterocycles. The molecule has 0 N–H and O–H groups in total. The maximum Gasteiger partial charge on any atom is 0.501 e. The molecule has 0 bridgehead atoms. The van der Waals surface area contributed by atoms with Gasteiger partial charge in [-0.1, -0.05) is 28.1 Å². The van der Waals surface area contributed by atoms with E-state index < -0.39 is 20.2 Å². The van der Waals surface area contributed by atoms with Crippen LogP contribution in [0.4, 0.5) is 18.9 Å². The largest absolute Gasteiger partial charge is 0.501 e. The quantitative estimate of drug-likeness (QED) is 0.764. The number of rotatable bonds is 3. The number of para-hydroxylation sites is 1. The fraction of sp³-hybridized carbons (Fsp3) is 0.500. The number of hydrogen-bond donors (Lipinski definition) is 0. The lowest BCUT2D eigenvalue weighted by molar-refractivity contribution is -0.0435. The molecule has 1 atom stereocenters. The zero-order valence-corrected chi connectivity index (χ0v) is 12.8. The summed E-state index contributed by atoms with van der Waals surface area (Å²) in [5, 5.41) is 0.591. The molecule has 3 nitrogen and oxygen atoms in total. The summed E-state index contributed by atoms with van der Waals surface area (Å²) >= 11 is 3.32. The highest BCUT2D eigenvalue weighted by atomic mass is 79.9. The molecule has 0 amide bonds. The molecule has 0 radical (unpaired) electrons. The van der Waals surface area contributed by atoms with Crippen LogP contribution in [0.1, 0.15) is 12.8 Å². The van der Waals surface area contributed by atoms with Crippen molar-refractivity contribution in [2.75, 3.05) is 16.8 Å². The number of halogens is 4. The van der Waals surface area contributed by atoms with Gasteiger partial charge in [-0.3, -0.25) is 0 Å². The zero-order chi connectivity index (χ0) is 15.0. The van der Waals surface area contributed by atoms with Crippen LogP contribution in [-0.2, 0) is 9.84 Å². The van der Waals surface area contributed by atoms with E-state index in [-0.39, 0.29) is 11.7 Å². The van der Waals surface area contributed by atoms with Crippen molar-refractivity contribution < 1.29 is 21.6 Å². The predicted octanol–water partition coefficient (Wildman–Crippen LogP) is 3.34. The van der Waals surface area contributed by atoms with Gasteiger partial charge in [0.2, 0.25) is 0 Å². The monoisotopic (exact) mass is 371 g/mol. The molecule has 0 aromatic heterocycles. The number of anilines is 1. The Hall–Kier alpha value is -0.760. The molecule has 1 heterocycles. The maximum absolute atomic E-state index is 12.7. The first-order chi connectivity index (χ1) is 9.29. The highest BCUT2D eigenvalue weighted by Gasteiger charge is 2.48. The Balaban J connectivity index is 2.52. The summed E-state index contributed by atoms with van der Waals surface area (Å²) in [5.41, 5.74) is -5.15. The van der Waals surface area contributed by atoms with E-state index in [1.165, 1.54) is 12.1 Å². The first-order valence-corrected chi connectivity index (χ1v) is 8.62. The van der Waals surface area contributed by atoms with Crippen molar-refractivity contribution in [1.29, 1.82) is 0 Å². The first-order valence-electron chi connectivity index (χ1n) is 6.02. The SMILES string of the molecule is O=S(=O)(c1ccccc1N1CCCC1CBr)C(F)(F)F. The molecule has 0 aliphatic carbocycles. The van der Waals surface area contributed by atoms with Crippen LogP contribution >= 0.6 is 15.9 Å². The van der Waals surface area contributed by atoms with Crippen molar-refractivity contribution in [3.05, 3.63) is 24.3 Å². The highest BCUT2D eigenvalue weighted by molar-refractivity contribution is 9.09. The summed E-state index contributed by atoms with van der Waals surface area (Å²) in [7, 11) is -5.33. The average molecular weight is 372 g/mol. The summed E-state index contributed by atoms with van der Waals surface area (Å²) in [6.07, 6.45) is 1.66. The van der Waals surface area contributed by atoms with Crippen LogP contribution < -0.4 is 4.90 Å². The van der Waals surface area contributed by atoms with Crippen LogP contribution in [0, 0.1) is 0 Å². The van der Waals surface area contributed by atoms with Gasteiger partial charge in [0.25, 0.3) is 9.84 Å². The third-order valence-corrected chi connectivity index (χ3v) is 5.61. The lowest BCUT2D eigenvalue weighted by Gasteiger charge is -2.27. The molecule has 1 fully saturated rings. The molecule has 1 saturated heterocycles. The molecule has 0 saturated carbocycles. The van der Waals surface area contributed by atoms with E-state index in [0.717, 1.165) is 18.9 Å². The molecule has 1 unspecified atom stereocenters. The van der Waals surface area contributed by atoms with E-state index in [0.29, 0.717) is 11.9 Å². The minimum absolute atomic E-state index is 0.0135. The van der Waals surface area contributed by atoms with Crippen LogP contribution in [0.2, 0.25) is 0 Å². The molecular weight excluding hydrogens is 359 g/mol. The molecule has 1 aliphatic rings. The normalized spacial score (nSPS) is 20.4. The second-order valence-electron chi connectivity index (χ2n) is 4.56.